The second kappa shape index (κ2) is 7.33. The molecular formula is C17H22N4O3. The maximum atomic E-state index is 12.8. The Hall–Kier alpha value is -2.57. The molecule has 0 aliphatic carbocycles. The number of hydrogen-bond acceptors (Lipinski definition) is 4. The average molecular weight is 330 g/mol. The lowest BCUT2D eigenvalue weighted by molar-refractivity contribution is -0.135. The summed E-state index contributed by atoms with van der Waals surface area (Å²) in [6.45, 7) is 4.36. The fourth-order valence-electron chi connectivity index (χ4n) is 3.06. The Kier molecular flexibility index (Phi) is 4.98. The summed E-state index contributed by atoms with van der Waals surface area (Å²) < 4.78 is 6.69. The van der Waals surface area contributed by atoms with Crippen molar-refractivity contribution >= 4 is 11.8 Å². The highest BCUT2D eigenvalue weighted by Crippen LogP contribution is 2.16. The quantitative estimate of drug-likeness (QED) is 0.857. The third-order valence-electron chi connectivity index (χ3n) is 4.38. The Morgan fingerprint density at radius 2 is 2.04 bits per heavy atom. The minimum absolute atomic E-state index is 0.0443. The maximum absolute atomic E-state index is 12.8. The molecule has 24 heavy (non-hydrogen) atoms. The van der Waals surface area contributed by atoms with Crippen LogP contribution in [0.15, 0.2) is 41.5 Å². The van der Waals surface area contributed by atoms with Crippen LogP contribution in [0.3, 0.4) is 0 Å². The predicted molar refractivity (Wildman–Crippen MR) is 87.4 cm³/mol. The van der Waals surface area contributed by atoms with Gasteiger partial charge in [-0.1, -0.05) is 6.92 Å². The molecule has 0 N–H and O–H groups in total. The molecule has 2 aromatic heterocycles. The van der Waals surface area contributed by atoms with Crippen molar-refractivity contribution in [1.82, 2.24) is 19.6 Å². The van der Waals surface area contributed by atoms with Gasteiger partial charge in [0, 0.05) is 38.6 Å². The molecule has 0 spiro atoms. The van der Waals surface area contributed by atoms with Crippen molar-refractivity contribution in [3.63, 3.8) is 0 Å². The number of furan rings is 1. The van der Waals surface area contributed by atoms with Gasteiger partial charge in [0.05, 0.1) is 11.8 Å². The lowest BCUT2D eigenvalue weighted by Gasteiger charge is -2.26. The summed E-state index contributed by atoms with van der Waals surface area (Å²) in [5.41, 5.74) is 0.553. The van der Waals surface area contributed by atoms with E-state index in [0.717, 1.165) is 6.42 Å². The molecule has 7 nitrogen and oxygen atoms in total. The molecule has 1 atom stereocenters. The standard InChI is InChI=1S/C17H22N4O3/c1-2-15(21-9-3-6-18-21)17(23)20-8-4-7-19(10-11-20)16(22)14-5-12-24-13-14/h3,5-6,9,12-13,15H,2,4,7-8,10-11H2,1H3/t15-/m0/s1. The van der Waals surface area contributed by atoms with Crippen LogP contribution in [0.1, 0.15) is 36.2 Å². The Morgan fingerprint density at radius 1 is 1.25 bits per heavy atom. The second-order valence-corrected chi connectivity index (χ2v) is 5.89. The van der Waals surface area contributed by atoms with Crippen molar-refractivity contribution in [3.8, 4) is 0 Å². The molecule has 0 bridgehead atoms. The smallest absolute Gasteiger partial charge is 0.257 e. The Bertz CT molecular complexity index is 666. The second-order valence-electron chi connectivity index (χ2n) is 5.89. The van der Waals surface area contributed by atoms with Crippen LogP contribution in [-0.2, 0) is 4.79 Å². The van der Waals surface area contributed by atoms with Gasteiger partial charge in [0.25, 0.3) is 5.91 Å². The lowest BCUT2D eigenvalue weighted by Crippen LogP contribution is -2.40. The van der Waals surface area contributed by atoms with E-state index >= 15 is 0 Å². The molecule has 0 saturated carbocycles. The molecule has 3 heterocycles. The number of nitrogens with zero attached hydrogens (tertiary/aromatic N) is 4. The number of amides is 2. The van der Waals surface area contributed by atoms with E-state index in [-0.39, 0.29) is 17.9 Å². The van der Waals surface area contributed by atoms with Crippen LogP contribution < -0.4 is 0 Å². The van der Waals surface area contributed by atoms with Crippen molar-refractivity contribution in [2.45, 2.75) is 25.8 Å². The van der Waals surface area contributed by atoms with Gasteiger partial charge in [0.1, 0.15) is 12.3 Å². The normalized spacial score (nSPS) is 16.7. The van der Waals surface area contributed by atoms with E-state index in [9.17, 15) is 9.59 Å². The molecule has 1 aliphatic heterocycles. The predicted octanol–water partition coefficient (Wildman–Crippen LogP) is 1.80. The summed E-state index contributed by atoms with van der Waals surface area (Å²) in [7, 11) is 0. The SMILES string of the molecule is CC[C@@H](C(=O)N1CCCN(C(=O)c2ccoc2)CC1)n1cccn1. The Morgan fingerprint density at radius 3 is 2.71 bits per heavy atom. The monoisotopic (exact) mass is 330 g/mol. The zero-order valence-electron chi connectivity index (χ0n) is 13.8. The third kappa shape index (κ3) is 3.34. The summed E-state index contributed by atoms with van der Waals surface area (Å²) in [6, 6.07) is 3.21. The summed E-state index contributed by atoms with van der Waals surface area (Å²) in [5, 5.41) is 4.20. The fourth-order valence-corrected chi connectivity index (χ4v) is 3.06. The highest BCUT2D eigenvalue weighted by atomic mass is 16.3. The molecule has 1 saturated heterocycles. The molecule has 0 radical (unpaired) electrons. The summed E-state index contributed by atoms with van der Waals surface area (Å²) in [5.74, 6) is 0.0241. The van der Waals surface area contributed by atoms with Crippen LogP contribution in [0.4, 0.5) is 0 Å². The summed E-state index contributed by atoms with van der Waals surface area (Å²) >= 11 is 0. The van der Waals surface area contributed by atoms with E-state index in [1.54, 1.807) is 21.8 Å². The first-order chi connectivity index (χ1) is 11.7. The highest BCUT2D eigenvalue weighted by molar-refractivity contribution is 5.93. The zero-order chi connectivity index (χ0) is 16.9. The van der Waals surface area contributed by atoms with Gasteiger partial charge in [0.2, 0.25) is 5.91 Å². The molecule has 128 valence electrons. The topological polar surface area (TPSA) is 71.6 Å². The van der Waals surface area contributed by atoms with Crippen molar-refractivity contribution in [2.24, 2.45) is 0 Å². The first kappa shape index (κ1) is 16.3. The Balaban J connectivity index is 1.64. The zero-order valence-corrected chi connectivity index (χ0v) is 13.8. The van der Waals surface area contributed by atoms with Gasteiger partial charge in [-0.15, -0.1) is 0 Å². The number of carbonyl (C=O) groups excluding carboxylic acids is 2. The minimum atomic E-state index is -0.281. The Labute approximate surface area is 140 Å². The van der Waals surface area contributed by atoms with Crippen LogP contribution in [0, 0.1) is 0 Å². The first-order valence-electron chi connectivity index (χ1n) is 8.30. The van der Waals surface area contributed by atoms with E-state index in [1.807, 2.05) is 24.1 Å². The number of rotatable bonds is 4. The van der Waals surface area contributed by atoms with E-state index < -0.39 is 0 Å². The maximum Gasteiger partial charge on any atom is 0.257 e. The van der Waals surface area contributed by atoms with Gasteiger partial charge in [-0.25, -0.2) is 0 Å². The summed E-state index contributed by atoms with van der Waals surface area (Å²) in [4.78, 5) is 28.9. The third-order valence-corrected chi connectivity index (χ3v) is 4.38. The lowest BCUT2D eigenvalue weighted by atomic mass is 10.2. The van der Waals surface area contributed by atoms with Crippen LogP contribution in [0.25, 0.3) is 0 Å². The van der Waals surface area contributed by atoms with Crippen LogP contribution >= 0.6 is 0 Å². The number of carbonyl (C=O) groups is 2. The van der Waals surface area contributed by atoms with Gasteiger partial charge >= 0.3 is 0 Å². The first-order valence-corrected chi connectivity index (χ1v) is 8.30. The highest BCUT2D eigenvalue weighted by Gasteiger charge is 2.28. The fraction of sp³-hybridized carbons (Fsp3) is 0.471. The van der Waals surface area contributed by atoms with E-state index in [1.165, 1.54) is 12.5 Å². The van der Waals surface area contributed by atoms with Crippen molar-refractivity contribution in [2.75, 3.05) is 26.2 Å². The van der Waals surface area contributed by atoms with Crippen molar-refractivity contribution < 1.29 is 14.0 Å². The van der Waals surface area contributed by atoms with Gasteiger partial charge in [-0.2, -0.15) is 5.10 Å². The number of aromatic nitrogens is 2. The van der Waals surface area contributed by atoms with Crippen LogP contribution in [0.2, 0.25) is 0 Å². The van der Waals surface area contributed by atoms with Crippen molar-refractivity contribution in [3.05, 3.63) is 42.6 Å². The van der Waals surface area contributed by atoms with Gasteiger partial charge in [-0.05, 0) is 25.0 Å². The van der Waals surface area contributed by atoms with Gasteiger partial charge in [0.15, 0.2) is 0 Å². The van der Waals surface area contributed by atoms with Gasteiger partial charge in [-0.3, -0.25) is 14.3 Å². The molecule has 1 fully saturated rings. The van der Waals surface area contributed by atoms with Crippen LogP contribution in [-0.4, -0.2) is 57.6 Å². The molecule has 1 aliphatic rings. The number of hydrogen-bond donors (Lipinski definition) is 0. The molecule has 0 aromatic carbocycles. The molecule has 2 aromatic rings. The molecule has 0 unspecified atom stereocenters. The van der Waals surface area contributed by atoms with Crippen molar-refractivity contribution in [1.29, 1.82) is 0 Å². The van der Waals surface area contributed by atoms with E-state index in [2.05, 4.69) is 5.10 Å². The average Bonchev–Trinajstić information content (AvgIpc) is 3.25. The van der Waals surface area contributed by atoms with Gasteiger partial charge < -0.3 is 14.2 Å². The molecule has 3 rings (SSSR count). The largest absolute Gasteiger partial charge is 0.472 e. The molecular weight excluding hydrogens is 308 g/mol. The molecule has 2 amide bonds. The minimum Gasteiger partial charge on any atom is -0.472 e. The van der Waals surface area contributed by atoms with Crippen LogP contribution in [0.5, 0.6) is 0 Å². The van der Waals surface area contributed by atoms with E-state index in [0.29, 0.717) is 38.2 Å². The molecule has 7 heteroatoms. The van der Waals surface area contributed by atoms with E-state index in [4.69, 9.17) is 4.42 Å². The summed E-state index contributed by atoms with van der Waals surface area (Å²) in [6.07, 6.45) is 7.92.